The van der Waals surface area contributed by atoms with E-state index in [1.807, 2.05) is 50.4 Å². The summed E-state index contributed by atoms with van der Waals surface area (Å²) in [5.74, 6) is 0.194. The SMILES string of the molecule is Cc1ccc(N2C(=O)CSc3c(c4ccccc4n3C)C2C(=O)NC2CCCCCC2)cc1. The van der Waals surface area contributed by atoms with Crippen LogP contribution in [0.25, 0.3) is 10.9 Å². The number of aryl methyl sites for hydroxylation is 2. The molecule has 0 saturated heterocycles. The molecule has 0 radical (unpaired) electrons. The van der Waals surface area contributed by atoms with Crippen molar-refractivity contribution in [1.82, 2.24) is 9.88 Å². The van der Waals surface area contributed by atoms with Crippen molar-refractivity contribution in [2.45, 2.75) is 62.6 Å². The van der Waals surface area contributed by atoms with Crippen LogP contribution in [0.3, 0.4) is 0 Å². The summed E-state index contributed by atoms with van der Waals surface area (Å²) in [5.41, 5.74) is 3.92. The smallest absolute Gasteiger partial charge is 0.248 e. The second-order valence-corrected chi connectivity index (χ2v) is 10.2. The molecular formula is C27H31N3O2S. The van der Waals surface area contributed by atoms with Crippen LogP contribution in [0.5, 0.6) is 0 Å². The molecule has 1 saturated carbocycles. The molecule has 1 atom stereocenters. The molecule has 5 nitrogen and oxygen atoms in total. The van der Waals surface area contributed by atoms with Gasteiger partial charge in [-0.05, 0) is 38.0 Å². The molecule has 33 heavy (non-hydrogen) atoms. The lowest BCUT2D eigenvalue weighted by molar-refractivity contribution is -0.126. The number of thioether (sulfide) groups is 1. The lowest BCUT2D eigenvalue weighted by Gasteiger charge is -2.31. The summed E-state index contributed by atoms with van der Waals surface area (Å²) in [4.78, 5) is 29.2. The maximum absolute atomic E-state index is 14.0. The Labute approximate surface area is 199 Å². The van der Waals surface area contributed by atoms with Gasteiger partial charge in [-0.2, -0.15) is 0 Å². The molecule has 2 aromatic carbocycles. The predicted molar refractivity (Wildman–Crippen MR) is 135 cm³/mol. The number of carbonyl (C=O) groups excluding carboxylic acids is 2. The number of anilines is 1. The molecule has 0 spiro atoms. The Morgan fingerprint density at radius 2 is 1.70 bits per heavy atom. The average Bonchev–Trinajstić information content (AvgIpc) is 3.00. The van der Waals surface area contributed by atoms with Gasteiger partial charge in [0.1, 0.15) is 6.04 Å². The van der Waals surface area contributed by atoms with E-state index >= 15 is 0 Å². The number of nitrogens with zero attached hydrogens (tertiary/aromatic N) is 2. The summed E-state index contributed by atoms with van der Waals surface area (Å²) >= 11 is 1.53. The van der Waals surface area contributed by atoms with Gasteiger partial charge in [0.2, 0.25) is 11.8 Å². The van der Waals surface area contributed by atoms with Crippen molar-refractivity contribution in [3.63, 3.8) is 0 Å². The zero-order valence-electron chi connectivity index (χ0n) is 19.3. The molecule has 6 heteroatoms. The number of para-hydroxylation sites is 1. The molecule has 1 fully saturated rings. The van der Waals surface area contributed by atoms with Crippen LogP contribution in [0.15, 0.2) is 53.6 Å². The van der Waals surface area contributed by atoms with E-state index in [2.05, 4.69) is 22.0 Å². The number of rotatable bonds is 3. The summed E-state index contributed by atoms with van der Waals surface area (Å²) in [6.07, 6.45) is 6.76. The summed E-state index contributed by atoms with van der Waals surface area (Å²) in [7, 11) is 2.03. The molecule has 1 aromatic heterocycles. The molecular weight excluding hydrogens is 430 g/mol. The minimum atomic E-state index is -0.695. The molecule has 1 aliphatic heterocycles. The largest absolute Gasteiger partial charge is 0.351 e. The van der Waals surface area contributed by atoms with Crippen LogP contribution in [0.2, 0.25) is 0 Å². The average molecular weight is 462 g/mol. The van der Waals surface area contributed by atoms with Gasteiger partial charge in [0.15, 0.2) is 0 Å². The highest BCUT2D eigenvalue weighted by atomic mass is 32.2. The summed E-state index contributed by atoms with van der Waals surface area (Å²) in [6, 6.07) is 15.6. The Hall–Kier alpha value is -2.73. The fourth-order valence-corrected chi connectivity index (χ4v) is 6.33. The number of aromatic nitrogens is 1. The fourth-order valence-electron chi connectivity index (χ4n) is 5.26. The minimum absolute atomic E-state index is 0.0369. The van der Waals surface area contributed by atoms with E-state index in [4.69, 9.17) is 0 Å². The van der Waals surface area contributed by atoms with Crippen LogP contribution in [0.1, 0.15) is 55.7 Å². The van der Waals surface area contributed by atoms with Crippen LogP contribution >= 0.6 is 11.8 Å². The zero-order valence-corrected chi connectivity index (χ0v) is 20.2. The Morgan fingerprint density at radius 1 is 1.00 bits per heavy atom. The summed E-state index contributed by atoms with van der Waals surface area (Å²) in [6.45, 7) is 2.03. The van der Waals surface area contributed by atoms with Crippen LogP contribution in [-0.4, -0.2) is 28.2 Å². The third kappa shape index (κ3) is 4.17. The monoisotopic (exact) mass is 461 g/mol. The number of benzene rings is 2. The summed E-state index contributed by atoms with van der Waals surface area (Å²) < 4.78 is 2.13. The standard InChI is InChI=1S/C27H31N3O2S/c1-18-13-15-20(16-14-18)30-23(31)17-33-27-24(21-11-7-8-12-22(21)29(27)2)25(30)26(32)28-19-9-5-3-4-6-10-19/h7-8,11-16,19,25H,3-6,9-10,17H2,1-2H3,(H,28,32). The molecule has 5 rings (SSSR count). The van der Waals surface area contributed by atoms with Gasteiger partial charge in [-0.15, -0.1) is 0 Å². The van der Waals surface area contributed by atoms with Crippen molar-refractivity contribution in [1.29, 1.82) is 0 Å². The van der Waals surface area contributed by atoms with Crippen molar-refractivity contribution >= 4 is 40.2 Å². The normalized spacial score (nSPS) is 19.8. The highest BCUT2D eigenvalue weighted by molar-refractivity contribution is 8.00. The Balaban J connectivity index is 1.65. The fraction of sp³-hybridized carbons (Fsp3) is 0.407. The first-order chi connectivity index (χ1) is 16.0. The molecule has 3 aromatic rings. The van der Waals surface area contributed by atoms with E-state index in [0.29, 0.717) is 5.75 Å². The van der Waals surface area contributed by atoms with E-state index in [9.17, 15) is 9.59 Å². The van der Waals surface area contributed by atoms with Gasteiger partial charge < -0.3 is 9.88 Å². The van der Waals surface area contributed by atoms with Crippen molar-refractivity contribution in [2.24, 2.45) is 7.05 Å². The molecule has 1 N–H and O–H groups in total. The van der Waals surface area contributed by atoms with Gasteiger partial charge in [0.05, 0.1) is 10.8 Å². The van der Waals surface area contributed by atoms with Crippen molar-refractivity contribution < 1.29 is 9.59 Å². The number of fused-ring (bicyclic) bond motifs is 3. The van der Waals surface area contributed by atoms with Crippen LogP contribution in [0.4, 0.5) is 5.69 Å². The second kappa shape index (κ2) is 9.26. The van der Waals surface area contributed by atoms with Gasteiger partial charge in [0, 0.05) is 35.2 Å². The molecule has 2 heterocycles. The van der Waals surface area contributed by atoms with Crippen molar-refractivity contribution in [3.8, 4) is 0 Å². The Morgan fingerprint density at radius 3 is 2.42 bits per heavy atom. The topological polar surface area (TPSA) is 54.3 Å². The molecule has 1 aliphatic carbocycles. The van der Waals surface area contributed by atoms with Gasteiger partial charge in [-0.3, -0.25) is 14.5 Å². The van der Waals surface area contributed by atoms with E-state index in [-0.39, 0.29) is 17.9 Å². The van der Waals surface area contributed by atoms with Gasteiger partial charge in [-0.25, -0.2) is 0 Å². The van der Waals surface area contributed by atoms with Crippen molar-refractivity contribution in [3.05, 3.63) is 59.7 Å². The van der Waals surface area contributed by atoms with Gasteiger partial charge in [-0.1, -0.05) is 73.3 Å². The lowest BCUT2D eigenvalue weighted by Crippen LogP contribution is -2.46. The molecule has 0 bridgehead atoms. The summed E-state index contributed by atoms with van der Waals surface area (Å²) in [5, 5.41) is 5.39. The van der Waals surface area contributed by atoms with Crippen LogP contribution < -0.4 is 10.2 Å². The van der Waals surface area contributed by atoms with E-state index in [1.165, 1.54) is 24.6 Å². The third-order valence-electron chi connectivity index (χ3n) is 6.99. The first-order valence-electron chi connectivity index (χ1n) is 11.9. The zero-order chi connectivity index (χ0) is 22.9. The van der Waals surface area contributed by atoms with E-state index in [0.717, 1.165) is 58.4 Å². The Kier molecular flexibility index (Phi) is 6.19. The third-order valence-corrected chi connectivity index (χ3v) is 8.14. The minimum Gasteiger partial charge on any atom is -0.351 e. The number of hydrogen-bond acceptors (Lipinski definition) is 3. The number of carbonyl (C=O) groups is 2. The van der Waals surface area contributed by atoms with E-state index in [1.54, 1.807) is 4.90 Å². The number of nitrogens with one attached hydrogen (secondary N) is 1. The maximum atomic E-state index is 14.0. The second-order valence-electron chi connectivity index (χ2n) is 9.28. The highest BCUT2D eigenvalue weighted by Gasteiger charge is 2.40. The molecule has 2 amide bonds. The van der Waals surface area contributed by atoms with Crippen molar-refractivity contribution in [2.75, 3.05) is 10.7 Å². The predicted octanol–water partition coefficient (Wildman–Crippen LogP) is 5.51. The maximum Gasteiger partial charge on any atom is 0.248 e. The number of hydrogen-bond donors (Lipinski definition) is 1. The first kappa shape index (κ1) is 22.1. The molecule has 2 aliphatic rings. The highest BCUT2D eigenvalue weighted by Crippen LogP contribution is 2.43. The van der Waals surface area contributed by atoms with Crippen LogP contribution in [0, 0.1) is 6.92 Å². The Bertz CT molecular complexity index is 1180. The van der Waals surface area contributed by atoms with Gasteiger partial charge >= 0.3 is 0 Å². The quantitative estimate of drug-likeness (QED) is 0.524. The van der Waals surface area contributed by atoms with Crippen LogP contribution in [-0.2, 0) is 16.6 Å². The number of amides is 2. The van der Waals surface area contributed by atoms with Gasteiger partial charge in [0.25, 0.3) is 0 Å². The molecule has 1 unspecified atom stereocenters. The lowest BCUT2D eigenvalue weighted by atomic mass is 10.0. The molecule has 172 valence electrons. The van der Waals surface area contributed by atoms with E-state index < -0.39 is 6.04 Å². The first-order valence-corrected chi connectivity index (χ1v) is 12.9.